The summed E-state index contributed by atoms with van der Waals surface area (Å²) in [6.45, 7) is 6.19. The van der Waals surface area contributed by atoms with E-state index >= 15 is 0 Å². The van der Waals surface area contributed by atoms with Crippen molar-refractivity contribution in [3.05, 3.63) is 34.3 Å². The zero-order valence-corrected chi connectivity index (χ0v) is 12.3. The molecule has 0 amide bonds. The second-order valence-corrected chi connectivity index (χ2v) is 7.51. The van der Waals surface area contributed by atoms with Crippen molar-refractivity contribution in [3.8, 4) is 0 Å². The Kier molecular flexibility index (Phi) is 5.06. The van der Waals surface area contributed by atoms with Gasteiger partial charge in [-0.05, 0) is 24.1 Å². The Balaban J connectivity index is 2.40. The van der Waals surface area contributed by atoms with Crippen LogP contribution in [0.2, 0.25) is 0 Å². The molecule has 0 aromatic heterocycles. The molecule has 0 unspecified atom stereocenters. The lowest BCUT2D eigenvalue weighted by Crippen LogP contribution is -2.12. The highest BCUT2D eigenvalue weighted by atomic mass is 79.9. The van der Waals surface area contributed by atoms with Crippen molar-refractivity contribution < 1.29 is 4.79 Å². The van der Waals surface area contributed by atoms with Gasteiger partial charge in [0.2, 0.25) is 0 Å². The Hall–Kier alpha value is -0.280. The van der Waals surface area contributed by atoms with E-state index in [1.54, 1.807) is 0 Å². The molecule has 0 heterocycles. The molecule has 1 aromatic rings. The van der Waals surface area contributed by atoms with Crippen molar-refractivity contribution in [2.45, 2.75) is 38.4 Å². The smallest absolute Gasteiger partial charge is 0.189 e. The third-order valence-corrected chi connectivity index (χ3v) is 3.52. The molecule has 3 heteroatoms. The maximum atomic E-state index is 11.7. The van der Waals surface area contributed by atoms with Crippen LogP contribution in [-0.4, -0.2) is 9.86 Å². The van der Waals surface area contributed by atoms with Gasteiger partial charge in [-0.3, -0.25) is 4.79 Å². The average Bonchev–Trinajstić information content (AvgIpc) is 2.14. The molecule has 0 saturated carbocycles. The number of carbonyl (C=O) groups excluding carboxylic acids is 1. The molecule has 1 nitrogen and oxygen atoms in total. The van der Waals surface area contributed by atoms with Gasteiger partial charge in [-0.25, -0.2) is 0 Å². The van der Waals surface area contributed by atoms with Crippen molar-refractivity contribution in [3.63, 3.8) is 0 Å². The summed E-state index contributed by atoms with van der Waals surface area (Å²) < 4.78 is 1.10. The molecule has 0 saturated heterocycles. The van der Waals surface area contributed by atoms with Gasteiger partial charge in [-0.15, -0.1) is 0 Å². The van der Waals surface area contributed by atoms with Crippen LogP contribution >= 0.6 is 27.7 Å². The topological polar surface area (TPSA) is 17.1 Å². The predicted molar refractivity (Wildman–Crippen MR) is 74.8 cm³/mol. The van der Waals surface area contributed by atoms with Crippen molar-refractivity contribution in [1.29, 1.82) is 0 Å². The predicted octanol–water partition coefficient (Wildman–Crippen LogP) is 4.44. The fourth-order valence-corrected chi connectivity index (χ4v) is 2.44. The molecule has 0 radical (unpaired) electrons. The number of rotatable bonds is 3. The molecule has 1 rings (SSSR count). The lowest BCUT2D eigenvalue weighted by Gasteiger charge is -2.15. The van der Waals surface area contributed by atoms with Crippen LogP contribution in [-0.2, 0) is 11.2 Å². The minimum absolute atomic E-state index is 0.0246. The molecule has 88 valence electrons. The maximum absolute atomic E-state index is 11.7. The fourth-order valence-electron chi connectivity index (χ4n) is 1.29. The van der Waals surface area contributed by atoms with Crippen LogP contribution in [0.15, 0.2) is 28.7 Å². The third kappa shape index (κ3) is 5.71. The highest BCUT2D eigenvalue weighted by Gasteiger charge is 2.16. The summed E-state index contributed by atoms with van der Waals surface area (Å²) in [5.74, 6) is 0. The Bertz CT molecular complexity index is 351. The summed E-state index contributed by atoms with van der Waals surface area (Å²) in [4.78, 5) is 11.7. The highest BCUT2D eigenvalue weighted by Crippen LogP contribution is 2.25. The van der Waals surface area contributed by atoms with E-state index in [0.29, 0.717) is 6.42 Å². The van der Waals surface area contributed by atoms with Crippen LogP contribution in [0.3, 0.4) is 0 Å². The zero-order valence-electron chi connectivity index (χ0n) is 9.92. The molecular weight excluding hydrogens is 284 g/mol. The number of hydrogen-bond acceptors (Lipinski definition) is 2. The van der Waals surface area contributed by atoms with Gasteiger partial charge < -0.3 is 0 Å². The molecule has 0 aliphatic rings. The minimum atomic E-state index is 0.0246. The summed E-state index contributed by atoms with van der Waals surface area (Å²) in [5.41, 5.74) is 1.21. The van der Waals surface area contributed by atoms with Crippen LogP contribution in [0, 0.1) is 0 Å². The van der Waals surface area contributed by atoms with Gasteiger partial charge in [0.05, 0.1) is 0 Å². The van der Waals surface area contributed by atoms with Crippen LogP contribution in [0.5, 0.6) is 0 Å². The van der Waals surface area contributed by atoms with Crippen LogP contribution < -0.4 is 0 Å². The summed E-state index contributed by atoms with van der Waals surface area (Å²) in [7, 11) is 0. The SMILES string of the molecule is CC(C)(C)SC(=O)CCc1ccc(Br)cc1. The first-order valence-corrected chi connectivity index (χ1v) is 6.94. The molecule has 0 aliphatic heterocycles. The molecule has 1 aromatic carbocycles. The summed E-state index contributed by atoms with van der Waals surface area (Å²) in [6, 6.07) is 8.13. The molecule has 0 N–H and O–H groups in total. The van der Waals surface area contributed by atoms with Gasteiger partial charge in [-0.2, -0.15) is 0 Å². The monoisotopic (exact) mass is 300 g/mol. The van der Waals surface area contributed by atoms with Gasteiger partial charge in [0.1, 0.15) is 0 Å². The zero-order chi connectivity index (χ0) is 12.2. The number of carbonyl (C=O) groups is 1. The Morgan fingerprint density at radius 2 is 1.81 bits per heavy atom. The Morgan fingerprint density at radius 1 is 1.25 bits per heavy atom. The first kappa shape index (κ1) is 13.8. The van der Waals surface area contributed by atoms with E-state index in [1.807, 2.05) is 12.1 Å². The minimum Gasteiger partial charge on any atom is -0.287 e. The van der Waals surface area contributed by atoms with E-state index in [1.165, 1.54) is 17.3 Å². The largest absolute Gasteiger partial charge is 0.287 e. The van der Waals surface area contributed by atoms with Crippen molar-refractivity contribution >= 4 is 32.8 Å². The standard InChI is InChI=1S/C13H17BrOS/c1-13(2,3)16-12(15)9-6-10-4-7-11(14)8-5-10/h4-5,7-8H,6,9H2,1-3H3. The third-order valence-electron chi connectivity index (χ3n) is 1.95. The number of aryl methyl sites for hydroxylation is 1. The number of thioether (sulfide) groups is 1. The van der Waals surface area contributed by atoms with E-state index in [0.717, 1.165) is 10.9 Å². The molecule has 0 fully saturated rings. The van der Waals surface area contributed by atoms with Gasteiger partial charge in [0, 0.05) is 15.6 Å². The van der Waals surface area contributed by atoms with Crippen molar-refractivity contribution in [2.24, 2.45) is 0 Å². The lowest BCUT2D eigenvalue weighted by molar-refractivity contribution is -0.111. The summed E-state index contributed by atoms with van der Waals surface area (Å²) >= 11 is 4.83. The molecule has 16 heavy (non-hydrogen) atoms. The van der Waals surface area contributed by atoms with Gasteiger partial charge in [0.15, 0.2) is 5.12 Å². The average molecular weight is 301 g/mol. The van der Waals surface area contributed by atoms with E-state index in [2.05, 4.69) is 48.8 Å². The maximum Gasteiger partial charge on any atom is 0.189 e. The quantitative estimate of drug-likeness (QED) is 0.821. The highest BCUT2D eigenvalue weighted by molar-refractivity contribution is 9.10. The fraction of sp³-hybridized carbons (Fsp3) is 0.462. The van der Waals surface area contributed by atoms with Crippen LogP contribution in [0.1, 0.15) is 32.8 Å². The van der Waals surface area contributed by atoms with Crippen molar-refractivity contribution in [2.75, 3.05) is 0 Å². The molecule has 0 bridgehead atoms. The van der Waals surface area contributed by atoms with E-state index in [4.69, 9.17) is 0 Å². The number of hydrogen-bond donors (Lipinski definition) is 0. The molecular formula is C13H17BrOS. The van der Waals surface area contributed by atoms with Crippen LogP contribution in [0.25, 0.3) is 0 Å². The normalized spacial score (nSPS) is 11.5. The first-order valence-electron chi connectivity index (χ1n) is 5.33. The second-order valence-electron chi connectivity index (χ2n) is 4.71. The second kappa shape index (κ2) is 5.87. The molecule has 0 aliphatic carbocycles. The van der Waals surface area contributed by atoms with Gasteiger partial charge >= 0.3 is 0 Å². The van der Waals surface area contributed by atoms with E-state index in [-0.39, 0.29) is 9.86 Å². The van der Waals surface area contributed by atoms with Crippen molar-refractivity contribution in [1.82, 2.24) is 0 Å². The van der Waals surface area contributed by atoms with Gasteiger partial charge in [-0.1, -0.05) is 60.6 Å². The Morgan fingerprint density at radius 3 is 2.31 bits per heavy atom. The van der Waals surface area contributed by atoms with E-state index in [9.17, 15) is 4.79 Å². The first-order chi connectivity index (χ1) is 7.37. The summed E-state index contributed by atoms with van der Waals surface area (Å²) in [5, 5.41) is 0.274. The summed E-state index contributed by atoms with van der Waals surface area (Å²) in [6.07, 6.45) is 1.44. The Labute approximate surface area is 110 Å². The van der Waals surface area contributed by atoms with Gasteiger partial charge in [0.25, 0.3) is 0 Å². The number of halogens is 1. The van der Waals surface area contributed by atoms with Crippen LogP contribution in [0.4, 0.5) is 0 Å². The number of benzene rings is 1. The molecule has 0 spiro atoms. The van der Waals surface area contributed by atoms with E-state index < -0.39 is 0 Å². The molecule has 0 atom stereocenters. The lowest BCUT2D eigenvalue weighted by atomic mass is 10.1.